The summed E-state index contributed by atoms with van der Waals surface area (Å²) >= 11 is 0. The van der Waals surface area contributed by atoms with E-state index in [0.717, 1.165) is 0 Å². The Morgan fingerprint density at radius 3 is 2.45 bits per heavy atom. The van der Waals surface area contributed by atoms with Crippen LogP contribution in [0.2, 0.25) is 0 Å². The van der Waals surface area contributed by atoms with E-state index in [4.69, 9.17) is 10.2 Å². The van der Waals surface area contributed by atoms with Gasteiger partial charge in [0.1, 0.15) is 6.10 Å². The predicted molar refractivity (Wildman–Crippen MR) is 41.0 cm³/mol. The Labute approximate surface area is 66.2 Å². The van der Waals surface area contributed by atoms with Crippen molar-refractivity contribution in [3.8, 4) is 0 Å². The van der Waals surface area contributed by atoms with E-state index in [1.165, 1.54) is 6.92 Å². The van der Waals surface area contributed by atoms with Crippen LogP contribution in [0.1, 0.15) is 20.3 Å². The van der Waals surface area contributed by atoms with Crippen molar-refractivity contribution in [2.75, 3.05) is 6.61 Å². The average molecular weight is 161 g/mol. The molecule has 2 unspecified atom stereocenters. The van der Waals surface area contributed by atoms with Crippen LogP contribution in [-0.4, -0.2) is 34.9 Å². The molecule has 3 N–H and O–H groups in total. The van der Waals surface area contributed by atoms with Gasteiger partial charge < -0.3 is 15.5 Å². The third kappa shape index (κ3) is 4.75. The minimum Gasteiger partial charge on any atom is -0.396 e. The number of carbonyl (C=O) groups excluding carboxylic acids is 1. The zero-order valence-electron chi connectivity index (χ0n) is 6.87. The number of rotatable bonds is 4. The molecule has 2 atom stereocenters. The van der Waals surface area contributed by atoms with Crippen LogP contribution in [0.25, 0.3) is 0 Å². The van der Waals surface area contributed by atoms with Gasteiger partial charge in [-0.25, -0.2) is 0 Å². The molecule has 1 amide bonds. The maximum Gasteiger partial charge on any atom is 0.248 e. The zero-order chi connectivity index (χ0) is 8.85. The molecule has 0 aliphatic carbocycles. The van der Waals surface area contributed by atoms with Gasteiger partial charge in [-0.05, 0) is 20.3 Å². The van der Waals surface area contributed by atoms with E-state index in [-0.39, 0.29) is 12.6 Å². The Bertz CT molecular complexity index is 125. The van der Waals surface area contributed by atoms with Crippen LogP contribution in [0.15, 0.2) is 0 Å². The molecule has 0 aromatic rings. The predicted octanol–water partition coefficient (Wildman–Crippen LogP) is -0.746. The number of amides is 1. The van der Waals surface area contributed by atoms with Gasteiger partial charge in [-0.3, -0.25) is 4.79 Å². The van der Waals surface area contributed by atoms with E-state index in [0.29, 0.717) is 6.42 Å². The lowest BCUT2D eigenvalue weighted by Crippen LogP contribution is -2.39. The molecule has 4 heteroatoms. The Hall–Kier alpha value is -0.610. The van der Waals surface area contributed by atoms with Gasteiger partial charge in [0, 0.05) is 12.6 Å². The maximum atomic E-state index is 10.8. The largest absolute Gasteiger partial charge is 0.396 e. The lowest BCUT2D eigenvalue weighted by atomic mass is 10.2. The lowest BCUT2D eigenvalue weighted by Gasteiger charge is -2.13. The van der Waals surface area contributed by atoms with Crippen molar-refractivity contribution >= 4 is 5.91 Å². The Balaban J connectivity index is 3.57. The minimum absolute atomic E-state index is 0.0429. The van der Waals surface area contributed by atoms with Crippen LogP contribution in [0, 0.1) is 0 Å². The molecule has 4 nitrogen and oxygen atoms in total. The Morgan fingerprint density at radius 1 is 1.55 bits per heavy atom. The molecule has 0 rings (SSSR count). The maximum absolute atomic E-state index is 10.8. The highest BCUT2D eigenvalue weighted by Crippen LogP contribution is 1.89. The van der Waals surface area contributed by atoms with E-state index in [9.17, 15) is 4.79 Å². The van der Waals surface area contributed by atoms with Gasteiger partial charge in [-0.15, -0.1) is 0 Å². The average Bonchev–Trinajstić information content (AvgIpc) is 1.87. The quantitative estimate of drug-likeness (QED) is 0.508. The normalized spacial score (nSPS) is 15.6. The van der Waals surface area contributed by atoms with Gasteiger partial charge in [0.15, 0.2) is 0 Å². The minimum atomic E-state index is -0.976. The smallest absolute Gasteiger partial charge is 0.248 e. The van der Waals surface area contributed by atoms with E-state index in [1.54, 1.807) is 6.92 Å². The van der Waals surface area contributed by atoms with Crippen LogP contribution >= 0.6 is 0 Å². The number of carbonyl (C=O) groups is 1. The summed E-state index contributed by atoms with van der Waals surface area (Å²) in [5.41, 5.74) is 0. The molecule has 0 saturated heterocycles. The summed E-state index contributed by atoms with van der Waals surface area (Å²) in [5.74, 6) is -0.397. The van der Waals surface area contributed by atoms with E-state index in [2.05, 4.69) is 5.32 Å². The van der Waals surface area contributed by atoms with Crippen molar-refractivity contribution in [2.45, 2.75) is 32.4 Å². The standard InChI is InChI=1S/C7H15NO3/c1-5(3-4-9)8-7(11)6(2)10/h5-6,9-10H,3-4H2,1-2H3,(H,8,11). The van der Waals surface area contributed by atoms with Crippen molar-refractivity contribution in [3.63, 3.8) is 0 Å². The molecule has 0 radical (unpaired) electrons. The first-order valence-corrected chi connectivity index (χ1v) is 3.67. The fourth-order valence-corrected chi connectivity index (χ4v) is 0.629. The molecule has 66 valence electrons. The molecule has 0 fully saturated rings. The second-order valence-corrected chi connectivity index (χ2v) is 2.60. The molecule has 0 aromatic heterocycles. The van der Waals surface area contributed by atoms with Crippen molar-refractivity contribution in [1.82, 2.24) is 5.32 Å². The van der Waals surface area contributed by atoms with Crippen LogP contribution in [0.3, 0.4) is 0 Å². The second kappa shape index (κ2) is 5.09. The molecule has 0 aromatic carbocycles. The van der Waals surface area contributed by atoms with Crippen LogP contribution in [0.5, 0.6) is 0 Å². The monoisotopic (exact) mass is 161 g/mol. The third-order valence-corrected chi connectivity index (χ3v) is 1.33. The summed E-state index contributed by atoms with van der Waals surface area (Å²) in [6, 6.07) is -0.0814. The summed E-state index contributed by atoms with van der Waals surface area (Å²) in [6.07, 6.45) is -0.463. The molecular formula is C7H15NO3. The summed E-state index contributed by atoms with van der Waals surface area (Å²) in [6.45, 7) is 3.22. The zero-order valence-corrected chi connectivity index (χ0v) is 6.87. The first-order chi connectivity index (χ1) is 5.07. The highest BCUT2D eigenvalue weighted by Gasteiger charge is 2.10. The van der Waals surface area contributed by atoms with Gasteiger partial charge in [-0.2, -0.15) is 0 Å². The van der Waals surface area contributed by atoms with Gasteiger partial charge in [0.25, 0.3) is 0 Å². The molecule has 0 aliphatic rings. The van der Waals surface area contributed by atoms with Crippen LogP contribution in [-0.2, 0) is 4.79 Å². The fourth-order valence-electron chi connectivity index (χ4n) is 0.629. The second-order valence-electron chi connectivity index (χ2n) is 2.60. The molecule has 11 heavy (non-hydrogen) atoms. The first-order valence-electron chi connectivity index (χ1n) is 3.67. The van der Waals surface area contributed by atoms with Crippen molar-refractivity contribution in [3.05, 3.63) is 0 Å². The van der Waals surface area contributed by atoms with E-state index < -0.39 is 12.0 Å². The third-order valence-electron chi connectivity index (χ3n) is 1.33. The van der Waals surface area contributed by atoms with Gasteiger partial charge in [-0.1, -0.05) is 0 Å². The number of hydrogen-bond acceptors (Lipinski definition) is 3. The highest BCUT2D eigenvalue weighted by molar-refractivity contribution is 5.80. The molecule has 0 aliphatic heterocycles. The van der Waals surface area contributed by atoms with E-state index in [1.807, 2.05) is 0 Å². The molecule has 0 bridgehead atoms. The summed E-state index contributed by atoms with van der Waals surface area (Å²) in [7, 11) is 0. The number of nitrogens with one attached hydrogen (secondary N) is 1. The number of aliphatic hydroxyl groups excluding tert-OH is 2. The Morgan fingerprint density at radius 2 is 2.09 bits per heavy atom. The van der Waals surface area contributed by atoms with Crippen molar-refractivity contribution < 1.29 is 15.0 Å². The Kier molecular flexibility index (Phi) is 4.81. The number of hydrogen-bond donors (Lipinski definition) is 3. The lowest BCUT2D eigenvalue weighted by molar-refractivity contribution is -0.129. The molecular weight excluding hydrogens is 146 g/mol. The fraction of sp³-hybridized carbons (Fsp3) is 0.857. The van der Waals surface area contributed by atoms with Gasteiger partial charge in [0.05, 0.1) is 0 Å². The molecule has 0 heterocycles. The summed E-state index contributed by atoms with van der Waals surface area (Å²) in [4.78, 5) is 10.8. The van der Waals surface area contributed by atoms with E-state index >= 15 is 0 Å². The van der Waals surface area contributed by atoms with Crippen molar-refractivity contribution in [1.29, 1.82) is 0 Å². The molecule has 0 saturated carbocycles. The van der Waals surface area contributed by atoms with Gasteiger partial charge >= 0.3 is 0 Å². The molecule has 0 spiro atoms. The topological polar surface area (TPSA) is 69.6 Å². The number of aliphatic hydroxyl groups is 2. The van der Waals surface area contributed by atoms with Crippen molar-refractivity contribution in [2.24, 2.45) is 0 Å². The van der Waals surface area contributed by atoms with Gasteiger partial charge in [0.2, 0.25) is 5.91 Å². The SMILES string of the molecule is CC(CCO)NC(=O)C(C)O. The first kappa shape index (κ1) is 10.4. The van der Waals surface area contributed by atoms with Crippen LogP contribution in [0.4, 0.5) is 0 Å². The summed E-state index contributed by atoms with van der Waals surface area (Å²) < 4.78 is 0. The highest BCUT2D eigenvalue weighted by atomic mass is 16.3. The van der Waals surface area contributed by atoms with Crippen LogP contribution < -0.4 is 5.32 Å². The summed E-state index contributed by atoms with van der Waals surface area (Å²) in [5, 5.41) is 19.8.